The molecule has 4 saturated heterocycles. The lowest BCUT2D eigenvalue weighted by Gasteiger charge is -2.33. The van der Waals surface area contributed by atoms with Gasteiger partial charge in [-0.25, -0.2) is 0 Å². The minimum absolute atomic E-state index is 0.312. The maximum absolute atomic E-state index is 12.8. The summed E-state index contributed by atoms with van der Waals surface area (Å²) in [5, 5.41) is 6.81. The zero-order valence-corrected chi connectivity index (χ0v) is 23.1. The van der Waals surface area contributed by atoms with Crippen molar-refractivity contribution in [2.45, 2.75) is 75.3 Å². The highest BCUT2D eigenvalue weighted by molar-refractivity contribution is 5.90. The minimum atomic E-state index is -0.321. The van der Waals surface area contributed by atoms with Crippen LogP contribution in [0.4, 0.5) is 0 Å². The normalized spacial score (nSPS) is 31.7. The van der Waals surface area contributed by atoms with Gasteiger partial charge in [0, 0.05) is 38.3 Å². The van der Waals surface area contributed by atoms with Crippen LogP contribution in [0.2, 0.25) is 0 Å². The number of hydrogen-bond donors (Lipinski definition) is 2. The molecule has 0 radical (unpaired) electrons. The second-order valence-electron chi connectivity index (χ2n) is 11.9. The van der Waals surface area contributed by atoms with Crippen molar-refractivity contribution >= 4 is 11.8 Å². The number of carbonyl (C=O) groups excluding carboxylic acids is 2. The SMILES string of the molecule is C[C@]1(c2ccccc2)CCN([C@H]2CCCNC2)C1=O.C[C@]1(c2ccccc2)CCN([C@H]2CCCNC2)C1=O. The van der Waals surface area contributed by atoms with Gasteiger partial charge < -0.3 is 20.4 Å². The Morgan fingerprint density at radius 3 is 1.39 bits per heavy atom. The fourth-order valence-electron chi connectivity index (χ4n) is 6.78. The first-order valence-electron chi connectivity index (χ1n) is 14.6. The number of benzene rings is 2. The van der Waals surface area contributed by atoms with E-state index in [9.17, 15) is 9.59 Å². The van der Waals surface area contributed by atoms with Gasteiger partial charge in [0.2, 0.25) is 11.8 Å². The van der Waals surface area contributed by atoms with E-state index in [1.54, 1.807) is 0 Å². The molecule has 6 rings (SSSR count). The molecule has 38 heavy (non-hydrogen) atoms. The van der Waals surface area contributed by atoms with Gasteiger partial charge in [-0.05, 0) is 76.6 Å². The smallest absolute Gasteiger partial charge is 0.233 e. The molecule has 2 aromatic rings. The lowest BCUT2D eigenvalue weighted by atomic mass is 9.81. The van der Waals surface area contributed by atoms with Crippen LogP contribution in [0.15, 0.2) is 60.7 Å². The number of hydrogen-bond acceptors (Lipinski definition) is 4. The second kappa shape index (κ2) is 11.6. The highest BCUT2D eigenvalue weighted by Gasteiger charge is 2.47. The number of carbonyl (C=O) groups is 2. The lowest BCUT2D eigenvalue weighted by molar-refractivity contribution is -0.135. The van der Waals surface area contributed by atoms with Crippen molar-refractivity contribution in [3.8, 4) is 0 Å². The molecule has 6 heteroatoms. The predicted octanol–water partition coefficient (Wildman–Crippen LogP) is 3.86. The predicted molar refractivity (Wildman–Crippen MR) is 152 cm³/mol. The molecule has 6 nitrogen and oxygen atoms in total. The van der Waals surface area contributed by atoms with Crippen molar-refractivity contribution in [3.05, 3.63) is 71.8 Å². The van der Waals surface area contributed by atoms with Crippen LogP contribution in [0.1, 0.15) is 63.5 Å². The fourth-order valence-corrected chi connectivity index (χ4v) is 6.78. The number of nitrogens with zero attached hydrogens (tertiary/aromatic N) is 2. The Morgan fingerprint density at radius 2 is 1.05 bits per heavy atom. The number of nitrogens with one attached hydrogen (secondary N) is 2. The number of rotatable bonds is 4. The molecule has 0 spiro atoms. The Balaban J connectivity index is 0.000000155. The third kappa shape index (κ3) is 5.26. The van der Waals surface area contributed by atoms with Crippen LogP contribution in [-0.4, -0.2) is 73.0 Å². The van der Waals surface area contributed by atoms with Gasteiger partial charge in [-0.3, -0.25) is 9.59 Å². The molecule has 4 heterocycles. The van der Waals surface area contributed by atoms with Gasteiger partial charge in [-0.15, -0.1) is 0 Å². The van der Waals surface area contributed by atoms with Crippen molar-refractivity contribution in [3.63, 3.8) is 0 Å². The molecule has 0 unspecified atom stereocenters. The van der Waals surface area contributed by atoms with E-state index in [1.165, 1.54) is 12.8 Å². The Morgan fingerprint density at radius 1 is 0.658 bits per heavy atom. The van der Waals surface area contributed by atoms with Crippen molar-refractivity contribution in [1.29, 1.82) is 0 Å². The molecular formula is C32H44N4O2. The van der Waals surface area contributed by atoms with Crippen LogP contribution < -0.4 is 10.6 Å². The summed E-state index contributed by atoms with van der Waals surface area (Å²) in [5.74, 6) is 0.625. The highest BCUT2D eigenvalue weighted by Crippen LogP contribution is 2.38. The largest absolute Gasteiger partial charge is 0.338 e. The standard InChI is InChI=1S/2C16H22N2O/c2*1-16(13-6-3-2-4-7-13)9-11-18(15(16)19)14-8-5-10-17-12-14/h2*2-4,6-7,14,17H,5,8-12H2,1H3/t2*14-,16+/m00/s1. The van der Waals surface area contributed by atoms with Crippen molar-refractivity contribution < 1.29 is 9.59 Å². The van der Waals surface area contributed by atoms with Crippen molar-refractivity contribution in [2.75, 3.05) is 39.3 Å². The molecule has 0 aliphatic carbocycles. The molecule has 4 atom stereocenters. The molecule has 4 aliphatic rings. The van der Waals surface area contributed by atoms with Crippen LogP contribution in [0.3, 0.4) is 0 Å². The summed E-state index contributed by atoms with van der Waals surface area (Å²) in [4.78, 5) is 29.9. The maximum Gasteiger partial charge on any atom is 0.233 e. The van der Waals surface area contributed by atoms with Gasteiger partial charge in [-0.1, -0.05) is 60.7 Å². The van der Waals surface area contributed by atoms with E-state index < -0.39 is 0 Å². The Hall–Kier alpha value is -2.70. The van der Waals surface area contributed by atoms with Crippen LogP contribution >= 0.6 is 0 Å². The average Bonchev–Trinajstić information content (AvgIpc) is 3.47. The van der Waals surface area contributed by atoms with Gasteiger partial charge in [-0.2, -0.15) is 0 Å². The number of amides is 2. The fraction of sp³-hybridized carbons (Fsp3) is 0.562. The summed E-state index contributed by atoms with van der Waals surface area (Å²) in [6, 6.07) is 21.2. The summed E-state index contributed by atoms with van der Waals surface area (Å²) < 4.78 is 0. The van der Waals surface area contributed by atoms with Gasteiger partial charge in [0.25, 0.3) is 0 Å². The van der Waals surface area contributed by atoms with E-state index in [4.69, 9.17) is 0 Å². The summed E-state index contributed by atoms with van der Waals surface area (Å²) in [6.07, 6.45) is 6.51. The Labute approximate surface area is 228 Å². The van der Waals surface area contributed by atoms with Gasteiger partial charge in [0.05, 0.1) is 10.8 Å². The maximum atomic E-state index is 12.8. The molecule has 204 valence electrons. The molecule has 2 N–H and O–H groups in total. The Bertz CT molecular complexity index is 994. The van der Waals surface area contributed by atoms with Crippen LogP contribution in [0.25, 0.3) is 0 Å². The van der Waals surface area contributed by atoms with E-state index in [0.717, 1.165) is 76.1 Å². The zero-order chi connectivity index (χ0) is 26.6. The first-order chi connectivity index (χ1) is 18.4. The molecule has 2 amide bonds. The summed E-state index contributed by atoms with van der Waals surface area (Å²) in [7, 11) is 0. The van der Waals surface area contributed by atoms with Crippen LogP contribution in [0, 0.1) is 0 Å². The lowest BCUT2D eigenvalue weighted by Crippen LogP contribution is -2.48. The van der Waals surface area contributed by atoms with Crippen molar-refractivity contribution in [2.24, 2.45) is 0 Å². The first kappa shape index (κ1) is 26.9. The third-order valence-corrected chi connectivity index (χ3v) is 9.42. The van der Waals surface area contributed by atoms with E-state index >= 15 is 0 Å². The monoisotopic (exact) mass is 516 g/mol. The molecule has 0 bridgehead atoms. The molecule has 0 aromatic heterocycles. The summed E-state index contributed by atoms with van der Waals surface area (Å²) >= 11 is 0. The molecular weight excluding hydrogens is 472 g/mol. The average molecular weight is 517 g/mol. The highest BCUT2D eigenvalue weighted by atomic mass is 16.2. The quantitative estimate of drug-likeness (QED) is 0.648. The van der Waals surface area contributed by atoms with E-state index in [1.807, 2.05) is 36.4 Å². The van der Waals surface area contributed by atoms with Gasteiger partial charge in [0.15, 0.2) is 0 Å². The van der Waals surface area contributed by atoms with Crippen molar-refractivity contribution in [1.82, 2.24) is 20.4 Å². The van der Waals surface area contributed by atoms with Gasteiger partial charge >= 0.3 is 0 Å². The molecule has 4 aliphatic heterocycles. The third-order valence-electron chi connectivity index (χ3n) is 9.42. The van der Waals surface area contributed by atoms with Crippen LogP contribution in [0.5, 0.6) is 0 Å². The van der Waals surface area contributed by atoms with Crippen LogP contribution in [-0.2, 0) is 20.4 Å². The second-order valence-corrected chi connectivity index (χ2v) is 11.9. The van der Waals surface area contributed by atoms with E-state index in [-0.39, 0.29) is 10.8 Å². The molecule has 4 fully saturated rings. The topological polar surface area (TPSA) is 64.7 Å². The Kier molecular flexibility index (Phi) is 8.20. The first-order valence-corrected chi connectivity index (χ1v) is 14.6. The minimum Gasteiger partial charge on any atom is -0.338 e. The number of likely N-dealkylation sites (tertiary alicyclic amines) is 2. The molecule has 2 aromatic carbocycles. The molecule has 0 saturated carbocycles. The van der Waals surface area contributed by atoms with Gasteiger partial charge in [0.1, 0.15) is 0 Å². The summed E-state index contributed by atoms with van der Waals surface area (Å²) in [5.41, 5.74) is 1.68. The van der Waals surface area contributed by atoms with E-state index in [2.05, 4.69) is 58.5 Å². The zero-order valence-electron chi connectivity index (χ0n) is 23.1. The van der Waals surface area contributed by atoms with E-state index in [0.29, 0.717) is 23.9 Å². The number of piperidine rings is 2. The summed E-state index contributed by atoms with van der Waals surface area (Å²) in [6.45, 7) is 10.1.